The fraction of sp³-hybridized carbons (Fsp3) is 0.125. The van der Waals surface area contributed by atoms with Gasteiger partial charge in [-0.05, 0) is 13.0 Å². The van der Waals surface area contributed by atoms with Gasteiger partial charge in [-0.2, -0.15) is 0 Å². The molecule has 3 N–H and O–H groups in total. The van der Waals surface area contributed by atoms with Crippen LogP contribution in [-0.4, -0.2) is 16.3 Å². The van der Waals surface area contributed by atoms with Crippen LogP contribution in [0.3, 0.4) is 0 Å². The molecule has 0 aromatic rings. The van der Waals surface area contributed by atoms with Crippen LogP contribution >= 0.6 is 0 Å². The fourth-order valence-electron chi connectivity index (χ4n) is 0.674. The summed E-state index contributed by atoms with van der Waals surface area (Å²) < 4.78 is 0. The Morgan fingerprint density at radius 3 is 2.42 bits per heavy atom. The van der Waals surface area contributed by atoms with E-state index in [4.69, 9.17) is 10.3 Å². The van der Waals surface area contributed by atoms with E-state index < -0.39 is 5.97 Å². The molecular formula is C8H11NO3. The Kier molecular flexibility index (Phi) is 4.48. The minimum atomic E-state index is -1.12. The molecule has 0 heterocycles. The number of nitrogens with one attached hydrogen (secondary N) is 1. The van der Waals surface area contributed by atoms with Gasteiger partial charge < -0.3 is 5.11 Å². The van der Waals surface area contributed by atoms with Crippen LogP contribution in [0.1, 0.15) is 6.92 Å². The van der Waals surface area contributed by atoms with E-state index in [0.717, 1.165) is 0 Å². The van der Waals surface area contributed by atoms with E-state index in [2.05, 4.69) is 6.58 Å². The number of carbonyl (C=O) groups is 1. The quantitative estimate of drug-likeness (QED) is 0.334. The highest BCUT2D eigenvalue weighted by atomic mass is 16.5. The fourth-order valence-corrected chi connectivity index (χ4v) is 0.674. The second kappa shape index (κ2) is 5.15. The number of rotatable bonds is 4. The van der Waals surface area contributed by atoms with Gasteiger partial charge in [0.25, 0.3) is 0 Å². The summed E-state index contributed by atoms with van der Waals surface area (Å²) in [4.78, 5) is 10.5. The summed E-state index contributed by atoms with van der Waals surface area (Å²) in [6.07, 6.45) is 4.08. The Morgan fingerprint density at radius 1 is 1.58 bits per heavy atom. The number of allylic oxidation sites excluding steroid dienone is 3. The lowest BCUT2D eigenvalue weighted by Crippen LogP contribution is -2.14. The zero-order chi connectivity index (χ0) is 9.56. The van der Waals surface area contributed by atoms with Crippen molar-refractivity contribution < 1.29 is 15.1 Å². The average molecular weight is 169 g/mol. The minimum absolute atomic E-state index is 0.0324. The number of carboxylic acids is 1. The van der Waals surface area contributed by atoms with Crippen LogP contribution in [0.4, 0.5) is 0 Å². The molecule has 0 aliphatic carbocycles. The van der Waals surface area contributed by atoms with Crippen molar-refractivity contribution in [3.8, 4) is 0 Å². The summed E-state index contributed by atoms with van der Waals surface area (Å²) >= 11 is 0. The number of carboxylic acid groups (broad SMARTS) is 1. The molecule has 0 saturated carbocycles. The summed E-state index contributed by atoms with van der Waals surface area (Å²) in [5.41, 5.74) is 1.89. The maximum absolute atomic E-state index is 10.5. The first kappa shape index (κ1) is 10.4. The molecule has 4 heteroatoms. The first-order valence-electron chi connectivity index (χ1n) is 3.30. The van der Waals surface area contributed by atoms with E-state index in [1.807, 2.05) is 0 Å². The molecule has 0 aromatic carbocycles. The van der Waals surface area contributed by atoms with Gasteiger partial charge in [0.05, 0.1) is 11.3 Å². The lowest BCUT2D eigenvalue weighted by molar-refractivity contribution is -0.132. The molecule has 0 aliphatic heterocycles. The second-order valence-electron chi connectivity index (χ2n) is 1.94. The van der Waals surface area contributed by atoms with Crippen molar-refractivity contribution in [2.24, 2.45) is 0 Å². The van der Waals surface area contributed by atoms with Crippen LogP contribution in [0.15, 0.2) is 36.1 Å². The van der Waals surface area contributed by atoms with Gasteiger partial charge in [0.2, 0.25) is 0 Å². The molecule has 0 bridgehead atoms. The minimum Gasteiger partial charge on any atom is -0.478 e. The molecular weight excluding hydrogens is 158 g/mol. The maximum Gasteiger partial charge on any atom is 0.337 e. The monoisotopic (exact) mass is 169 g/mol. The van der Waals surface area contributed by atoms with Crippen LogP contribution in [0.5, 0.6) is 0 Å². The smallest absolute Gasteiger partial charge is 0.337 e. The molecule has 0 aromatic heterocycles. The number of hydroxylamine groups is 1. The molecule has 0 spiro atoms. The Morgan fingerprint density at radius 2 is 2.17 bits per heavy atom. The van der Waals surface area contributed by atoms with Gasteiger partial charge in [-0.25, -0.2) is 4.79 Å². The van der Waals surface area contributed by atoms with Crippen molar-refractivity contribution >= 4 is 5.97 Å². The molecule has 0 saturated heterocycles. The van der Waals surface area contributed by atoms with Crippen LogP contribution < -0.4 is 5.48 Å². The molecule has 0 unspecified atom stereocenters. The predicted octanol–water partition coefficient (Wildman–Crippen LogP) is 1.07. The topological polar surface area (TPSA) is 69.6 Å². The standard InChI is InChI=1S/C8H11NO3/c1-3-5-6(8(10)11)7(4-2)9-12/h3-5,9,12H,1H2,2H3,(H,10,11)/b6-5+,7-4+. The zero-order valence-corrected chi connectivity index (χ0v) is 6.74. The molecule has 0 atom stereocenters. The summed E-state index contributed by atoms with van der Waals surface area (Å²) in [5, 5.41) is 17.1. The Hall–Kier alpha value is -1.55. The summed E-state index contributed by atoms with van der Waals surface area (Å²) in [6.45, 7) is 4.97. The lowest BCUT2D eigenvalue weighted by Gasteiger charge is -2.03. The van der Waals surface area contributed by atoms with E-state index in [1.54, 1.807) is 12.4 Å². The molecule has 0 fully saturated rings. The van der Waals surface area contributed by atoms with E-state index in [1.165, 1.54) is 18.2 Å². The van der Waals surface area contributed by atoms with Crippen molar-refractivity contribution in [2.75, 3.05) is 0 Å². The van der Waals surface area contributed by atoms with Gasteiger partial charge in [-0.1, -0.05) is 18.7 Å². The van der Waals surface area contributed by atoms with E-state index >= 15 is 0 Å². The summed E-state index contributed by atoms with van der Waals surface area (Å²) in [6, 6.07) is 0. The molecule has 0 rings (SSSR count). The molecule has 66 valence electrons. The zero-order valence-electron chi connectivity index (χ0n) is 6.74. The van der Waals surface area contributed by atoms with Gasteiger partial charge >= 0.3 is 5.97 Å². The van der Waals surface area contributed by atoms with Gasteiger partial charge in [-0.15, -0.1) is 0 Å². The first-order chi connectivity index (χ1) is 5.67. The number of hydrogen-bond acceptors (Lipinski definition) is 3. The van der Waals surface area contributed by atoms with Crippen LogP contribution in [0.25, 0.3) is 0 Å². The number of aliphatic carboxylic acids is 1. The van der Waals surface area contributed by atoms with Crippen LogP contribution in [0.2, 0.25) is 0 Å². The first-order valence-corrected chi connectivity index (χ1v) is 3.30. The van der Waals surface area contributed by atoms with Crippen molar-refractivity contribution in [1.82, 2.24) is 5.48 Å². The highest BCUT2D eigenvalue weighted by Crippen LogP contribution is 2.06. The maximum atomic E-state index is 10.5. The predicted molar refractivity (Wildman–Crippen MR) is 44.6 cm³/mol. The second-order valence-corrected chi connectivity index (χ2v) is 1.94. The number of hydrogen-bond donors (Lipinski definition) is 3. The summed E-state index contributed by atoms with van der Waals surface area (Å²) in [5.74, 6) is -1.12. The van der Waals surface area contributed by atoms with Gasteiger partial charge in [-0.3, -0.25) is 10.7 Å². The van der Waals surface area contributed by atoms with Gasteiger partial charge in [0, 0.05) is 0 Å². The molecule has 0 amide bonds. The van der Waals surface area contributed by atoms with Crippen molar-refractivity contribution in [2.45, 2.75) is 6.92 Å². The molecule has 0 radical (unpaired) electrons. The third-order valence-electron chi connectivity index (χ3n) is 1.21. The normalized spacial score (nSPS) is 12.5. The third kappa shape index (κ3) is 2.59. The molecule has 12 heavy (non-hydrogen) atoms. The largest absolute Gasteiger partial charge is 0.478 e. The Balaban J connectivity index is 4.86. The van der Waals surface area contributed by atoms with E-state index in [0.29, 0.717) is 0 Å². The third-order valence-corrected chi connectivity index (χ3v) is 1.21. The van der Waals surface area contributed by atoms with Gasteiger partial charge in [0.1, 0.15) is 0 Å². The van der Waals surface area contributed by atoms with Crippen molar-refractivity contribution in [1.29, 1.82) is 0 Å². The Labute approximate surface area is 70.5 Å². The summed E-state index contributed by atoms with van der Waals surface area (Å²) in [7, 11) is 0. The SMILES string of the molecule is C=C/C=C(C(=O)O)\C(=C/C)NO. The lowest BCUT2D eigenvalue weighted by atomic mass is 10.2. The van der Waals surface area contributed by atoms with E-state index in [9.17, 15) is 4.79 Å². The van der Waals surface area contributed by atoms with Crippen molar-refractivity contribution in [3.05, 3.63) is 36.1 Å². The highest BCUT2D eigenvalue weighted by molar-refractivity contribution is 5.91. The van der Waals surface area contributed by atoms with Crippen LogP contribution in [0, 0.1) is 0 Å². The van der Waals surface area contributed by atoms with E-state index in [-0.39, 0.29) is 11.3 Å². The van der Waals surface area contributed by atoms with Crippen molar-refractivity contribution in [3.63, 3.8) is 0 Å². The Bertz CT molecular complexity index is 241. The molecule has 0 aliphatic rings. The van der Waals surface area contributed by atoms with Crippen LogP contribution in [-0.2, 0) is 4.79 Å². The molecule has 4 nitrogen and oxygen atoms in total. The van der Waals surface area contributed by atoms with Gasteiger partial charge in [0.15, 0.2) is 0 Å². The average Bonchev–Trinajstić information content (AvgIpc) is 2.05. The highest BCUT2D eigenvalue weighted by Gasteiger charge is 2.10.